The predicted molar refractivity (Wildman–Crippen MR) is 139 cm³/mol. The molecule has 5 rings (SSSR count). The quantitative estimate of drug-likeness (QED) is 0.271. The zero-order valence-corrected chi connectivity index (χ0v) is 19.4. The monoisotopic (exact) mass is 464 g/mol. The average Bonchev–Trinajstić information content (AvgIpc) is 3.33. The maximum Gasteiger partial charge on any atom is 0.248 e. The van der Waals surface area contributed by atoms with Gasteiger partial charge in [0.2, 0.25) is 11.8 Å². The smallest absolute Gasteiger partial charge is 0.248 e. The lowest BCUT2D eigenvalue weighted by atomic mass is 10.1. The highest BCUT2D eigenvalue weighted by Gasteiger charge is 2.15. The molecule has 1 aromatic heterocycles. The predicted octanol–water partition coefficient (Wildman–Crippen LogP) is 6.71. The number of hydrogen-bond donors (Lipinski definition) is 1. The Hall–Kier alpha value is -4.58. The molecule has 0 fully saturated rings. The van der Waals surface area contributed by atoms with Crippen LogP contribution >= 0.6 is 0 Å². The van der Waals surface area contributed by atoms with E-state index in [1.165, 1.54) is 6.08 Å². The van der Waals surface area contributed by atoms with Crippen molar-refractivity contribution in [3.05, 3.63) is 90.5 Å². The van der Waals surface area contributed by atoms with E-state index < -0.39 is 0 Å². The highest BCUT2D eigenvalue weighted by Crippen LogP contribution is 2.33. The van der Waals surface area contributed by atoms with E-state index in [-0.39, 0.29) is 5.91 Å². The molecule has 0 aliphatic rings. The normalized spacial score (nSPS) is 11.3. The summed E-state index contributed by atoms with van der Waals surface area (Å²) in [4.78, 5) is 17.5. The summed E-state index contributed by atoms with van der Waals surface area (Å²) in [5, 5.41) is 5.06. The molecule has 6 nitrogen and oxygen atoms in total. The van der Waals surface area contributed by atoms with Crippen LogP contribution in [-0.4, -0.2) is 24.6 Å². The highest BCUT2D eigenvalue weighted by molar-refractivity contribution is 6.06. The van der Waals surface area contributed by atoms with Gasteiger partial charge in [0.1, 0.15) is 5.52 Å². The fraction of sp³-hybridized carbons (Fsp3) is 0.103. The molecule has 5 aromatic rings. The van der Waals surface area contributed by atoms with Crippen molar-refractivity contribution in [3.63, 3.8) is 0 Å². The van der Waals surface area contributed by atoms with E-state index >= 15 is 0 Å². The van der Waals surface area contributed by atoms with Crippen molar-refractivity contribution in [3.8, 4) is 23.0 Å². The fourth-order valence-corrected chi connectivity index (χ4v) is 3.96. The van der Waals surface area contributed by atoms with Gasteiger partial charge in [0.05, 0.1) is 25.0 Å². The van der Waals surface area contributed by atoms with Gasteiger partial charge in [0, 0.05) is 11.5 Å². The molecule has 35 heavy (non-hydrogen) atoms. The number of carbonyl (C=O) groups is 1. The largest absolute Gasteiger partial charge is 0.493 e. The minimum Gasteiger partial charge on any atom is -0.493 e. The van der Waals surface area contributed by atoms with Gasteiger partial charge < -0.3 is 19.2 Å². The van der Waals surface area contributed by atoms with Crippen LogP contribution in [0.2, 0.25) is 0 Å². The van der Waals surface area contributed by atoms with Gasteiger partial charge in [0.15, 0.2) is 17.1 Å². The van der Waals surface area contributed by atoms with Gasteiger partial charge in [-0.25, -0.2) is 4.98 Å². The number of aromatic nitrogens is 1. The molecular formula is C29H24N2O4. The maximum absolute atomic E-state index is 12.7. The minimum atomic E-state index is -0.271. The Morgan fingerprint density at radius 2 is 1.83 bits per heavy atom. The van der Waals surface area contributed by atoms with Crippen molar-refractivity contribution in [2.75, 3.05) is 19.0 Å². The molecule has 0 spiro atoms. The number of benzene rings is 4. The lowest BCUT2D eigenvalue weighted by Crippen LogP contribution is -2.08. The number of methoxy groups -OCH3 is 1. The molecule has 0 bridgehead atoms. The van der Waals surface area contributed by atoms with E-state index in [4.69, 9.17) is 18.9 Å². The first-order chi connectivity index (χ1) is 17.2. The van der Waals surface area contributed by atoms with Crippen molar-refractivity contribution >= 4 is 39.5 Å². The van der Waals surface area contributed by atoms with Crippen molar-refractivity contribution in [1.29, 1.82) is 0 Å². The van der Waals surface area contributed by atoms with E-state index in [1.54, 1.807) is 13.2 Å². The van der Waals surface area contributed by atoms with Crippen molar-refractivity contribution in [2.45, 2.75) is 6.92 Å². The van der Waals surface area contributed by atoms with E-state index in [9.17, 15) is 4.79 Å². The molecule has 4 aromatic carbocycles. The number of nitrogens with one attached hydrogen (secondary N) is 1. The first kappa shape index (κ1) is 22.2. The Morgan fingerprint density at radius 1 is 1.00 bits per heavy atom. The van der Waals surface area contributed by atoms with Crippen LogP contribution in [0.5, 0.6) is 11.5 Å². The van der Waals surface area contributed by atoms with Gasteiger partial charge in [-0.05, 0) is 54.3 Å². The molecule has 0 unspecified atom stereocenters. The van der Waals surface area contributed by atoms with Crippen molar-refractivity contribution < 1.29 is 18.7 Å². The number of anilines is 1. The average molecular weight is 465 g/mol. The Bertz CT molecular complexity index is 1550. The molecule has 0 aliphatic heterocycles. The second-order valence-corrected chi connectivity index (χ2v) is 7.86. The van der Waals surface area contributed by atoms with Crippen LogP contribution in [-0.2, 0) is 4.79 Å². The van der Waals surface area contributed by atoms with Crippen molar-refractivity contribution in [1.82, 2.24) is 4.98 Å². The van der Waals surface area contributed by atoms with Gasteiger partial charge in [-0.3, -0.25) is 4.79 Å². The van der Waals surface area contributed by atoms with E-state index in [0.717, 1.165) is 21.9 Å². The maximum atomic E-state index is 12.7. The number of para-hydroxylation sites is 1. The first-order valence-corrected chi connectivity index (χ1v) is 11.3. The molecule has 0 atom stereocenters. The number of hydrogen-bond acceptors (Lipinski definition) is 5. The number of oxazole rings is 1. The van der Waals surface area contributed by atoms with Gasteiger partial charge in [-0.15, -0.1) is 0 Å². The minimum absolute atomic E-state index is 0.271. The Balaban J connectivity index is 1.40. The number of amides is 1. The third-order valence-electron chi connectivity index (χ3n) is 5.61. The fourth-order valence-electron chi connectivity index (χ4n) is 3.96. The zero-order valence-electron chi connectivity index (χ0n) is 19.4. The topological polar surface area (TPSA) is 73.6 Å². The summed E-state index contributed by atoms with van der Waals surface area (Å²) in [5.74, 6) is 1.46. The second-order valence-electron chi connectivity index (χ2n) is 7.86. The summed E-state index contributed by atoms with van der Waals surface area (Å²) in [6.07, 6.45) is 3.20. The SMILES string of the molecule is CCOc1ccc(C=CC(=O)Nc2ccccc2-c2nc3c(ccc4ccccc43)o2)cc1OC. The molecule has 1 heterocycles. The summed E-state index contributed by atoms with van der Waals surface area (Å²) in [6.45, 7) is 2.46. The second kappa shape index (κ2) is 9.73. The number of carbonyl (C=O) groups excluding carboxylic acids is 1. The third kappa shape index (κ3) is 4.59. The summed E-state index contributed by atoms with van der Waals surface area (Å²) in [5.41, 5.74) is 3.63. The lowest BCUT2D eigenvalue weighted by Gasteiger charge is -2.09. The third-order valence-corrected chi connectivity index (χ3v) is 5.61. The van der Waals surface area contributed by atoms with Gasteiger partial charge in [0.25, 0.3) is 0 Å². The molecule has 1 amide bonds. The molecular weight excluding hydrogens is 440 g/mol. The van der Waals surface area contributed by atoms with Crippen LogP contribution in [0, 0.1) is 0 Å². The molecule has 1 N–H and O–H groups in total. The summed E-state index contributed by atoms with van der Waals surface area (Å²) >= 11 is 0. The molecule has 0 aliphatic carbocycles. The van der Waals surface area contributed by atoms with Gasteiger partial charge in [-0.1, -0.05) is 48.5 Å². The molecule has 0 saturated carbocycles. The lowest BCUT2D eigenvalue weighted by molar-refractivity contribution is -0.111. The standard InChI is InChI=1S/C29H24N2O4/c1-3-34-24-15-12-19(18-26(24)33-2)13-17-27(32)30-23-11-7-6-10-22(23)29-31-28-21-9-5-4-8-20(21)14-16-25(28)35-29/h4-18H,3H2,1-2H3,(H,30,32). The van der Waals surface area contributed by atoms with E-state index in [0.29, 0.717) is 40.8 Å². The van der Waals surface area contributed by atoms with Gasteiger partial charge >= 0.3 is 0 Å². The van der Waals surface area contributed by atoms with Crippen molar-refractivity contribution in [2.24, 2.45) is 0 Å². The van der Waals surface area contributed by atoms with Gasteiger partial charge in [-0.2, -0.15) is 0 Å². The molecule has 0 radical (unpaired) electrons. The van der Waals surface area contributed by atoms with Crippen LogP contribution in [0.25, 0.3) is 39.4 Å². The Kier molecular flexibility index (Phi) is 6.18. The highest BCUT2D eigenvalue weighted by atomic mass is 16.5. The van der Waals surface area contributed by atoms with Crippen LogP contribution in [0.1, 0.15) is 12.5 Å². The zero-order chi connectivity index (χ0) is 24.2. The number of ether oxygens (including phenoxy) is 2. The molecule has 174 valence electrons. The number of rotatable bonds is 7. The number of fused-ring (bicyclic) bond motifs is 3. The van der Waals surface area contributed by atoms with E-state index in [1.807, 2.05) is 85.8 Å². The molecule has 6 heteroatoms. The summed E-state index contributed by atoms with van der Waals surface area (Å²) in [7, 11) is 1.59. The summed E-state index contributed by atoms with van der Waals surface area (Å²) in [6, 6.07) is 25.0. The molecule has 0 saturated heterocycles. The van der Waals surface area contributed by atoms with Crippen LogP contribution in [0.4, 0.5) is 5.69 Å². The Morgan fingerprint density at radius 3 is 2.69 bits per heavy atom. The first-order valence-electron chi connectivity index (χ1n) is 11.3. The summed E-state index contributed by atoms with van der Waals surface area (Å²) < 4.78 is 17.0. The Labute approximate surface area is 202 Å². The van der Waals surface area contributed by atoms with Crippen LogP contribution in [0.15, 0.2) is 89.4 Å². The van der Waals surface area contributed by atoms with Crippen LogP contribution in [0.3, 0.4) is 0 Å². The van der Waals surface area contributed by atoms with Crippen LogP contribution < -0.4 is 14.8 Å². The number of nitrogens with zero attached hydrogens (tertiary/aromatic N) is 1. The van der Waals surface area contributed by atoms with E-state index in [2.05, 4.69) is 5.32 Å².